The first-order valence-corrected chi connectivity index (χ1v) is 5.46. The van der Waals surface area contributed by atoms with Gasteiger partial charge < -0.3 is 0 Å². The van der Waals surface area contributed by atoms with Gasteiger partial charge in [-0.05, 0) is 25.8 Å². The van der Waals surface area contributed by atoms with Gasteiger partial charge in [0.2, 0.25) is 0 Å². The van der Waals surface area contributed by atoms with Gasteiger partial charge in [0.15, 0.2) is 5.78 Å². The predicted octanol–water partition coefficient (Wildman–Crippen LogP) is 3.22. The molecule has 1 nitrogen and oxygen atoms in total. The Hall–Kier alpha value is -0.680. The van der Waals surface area contributed by atoms with Gasteiger partial charge in [-0.3, -0.25) is 4.79 Å². The third-order valence-electron chi connectivity index (χ3n) is 2.64. The summed E-state index contributed by atoms with van der Waals surface area (Å²) in [7, 11) is 2.65. The Morgan fingerprint density at radius 1 is 1.43 bits per heavy atom. The molecule has 0 N–H and O–H groups in total. The molecule has 0 saturated heterocycles. The standard InChI is InChI=1S/C12H17OP/c1-4-12(3,14)11(13)10-8-6-5-7-9(10)2/h5-8H,4,14H2,1-3H3. The van der Waals surface area contributed by atoms with Gasteiger partial charge in [0.25, 0.3) is 0 Å². The molecule has 0 radical (unpaired) electrons. The summed E-state index contributed by atoms with van der Waals surface area (Å²) >= 11 is 0. The van der Waals surface area contributed by atoms with E-state index >= 15 is 0 Å². The third kappa shape index (κ3) is 2.22. The second-order valence-corrected chi connectivity index (χ2v) is 5.19. The van der Waals surface area contributed by atoms with Crippen molar-refractivity contribution in [1.82, 2.24) is 0 Å². The summed E-state index contributed by atoms with van der Waals surface area (Å²) in [5.74, 6) is 0.211. The average Bonchev–Trinajstić information content (AvgIpc) is 2.17. The zero-order chi connectivity index (χ0) is 10.8. The predicted molar refractivity (Wildman–Crippen MR) is 63.9 cm³/mol. The van der Waals surface area contributed by atoms with Crippen molar-refractivity contribution in [3.8, 4) is 0 Å². The van der Waals surface area contributed by atoms with E-state index in [-0.39, 0.29) is 10.9 Å². The molecule has 0 amide bonds. The van der Waals surface area contributed by atoms with E-state index in [9.17, 15) is 4.79 Å². The quantitative estimate of drug-likeness (QED) is 0.550. The number of aryl methyl sites for hydroxylation is 1. The van der Waals surface area contributed by atoms with Crippen LogP contribution in [0.4, 0.5) is 0 Å². The Morgan fingerprint density at radius 2 is 2.00 bits per heavy atom. The number of rotatable bonds is 3. The maximum absolute atomic E-state index is 12.1. The molecule has 2 unspecified atom stereocenters. The highest BCUT2D eigenvalue weighted by Crippen LogP contribution is 2.27. The van der Waals surface area contributed by atoms with E-state index in [0.717, 1.165) is 17.5 Å². The third-order valence-corrected chi connectivity index (χ3v) is 3.31. The number of carbonyl (C=O) groups excluding carboxylic acids is 1. The summed E-state index contributed by atoms with van der Waals surface area (Å²) in [5, 5.41) is -0.327. The Morgan fingerprint density at radius 3 is 2.50 bits per heavy atom. The summed E-state index contributed by atoms with van der Waals surface area (Å²) in [6, 6.07) is 7.74. The molecule has 1 rings (SSSR count). The minimum absolute atomic E-state index is 0.211. The fourth-order valence-corrected chi connectivity index (χ4v) is 1.45. The van der Waals surface area contributed by atoms with Gasteiger partial charge in [0.1, 0.15) is 0 Å². The van der Waals surface area contributed by atoms with E-state index in [2.05, 4.69) is 9.24 Å². The zero-order valence-electron chi connectivity index (χ0n) is 9.00. The molecular weight excluding hydrogens is 191 g/mol. The van der Waals surface area contributed by atoms with Crippen LogP contribution in [-0.4, -0.2) is 10.9 Å². The van der Waals surface area contributed by atoms with Gasteiger partial charge in [-0.2, -0.15) is 0 Å². The number of ketones is 1. The number of carbonyl (C=O) groups is 1. The van der Waals surface area contributed by atoms with E-state index in [4.69, 9.17) is 0 Å². The number of hydrogen-bond acceptors (Lipinski definition) is 1. The smallest absolute Gasteiger partial charge is 0.172 e. The van der Waals surface area contributed by atoms with Crippen LogP contribution in [-0.2, 0) is 0 Å². The molecule has 0 heterocycles. The average molecular weight is 208 g/mol. The van der Waals surface area contributed by atoms with Crippen LogP contribution in [0.2, 0.25) is 0 Å². The molecule has 0 aromatic heterocycles. The van der Waals surface area contributed by atoms with Crippen LogP contribution in [0.1, 0.15) is 36.2 Å². The lowest BCUT2D eigenvalue weighted by Crippen LogP contribution is -2.27. The molecule has 0 aliphatic heterocycles. The second kappa shape index (κ2) is 4.23. The SMILES string of the molecule is CCC(C)(P)C(=O)c1ccccc1C. The first-order valence-electron chi connectivity index (χ1n) is 4.88. The number of Topliss-reactive ketones (excluding diaryl/α,β-unsaturated/α-hetero) is 1. The fraction of sp³-hybridized carbons (Fsp3) is 0.417. The Labute approximate surface area is 88.1 Å². The van der Waals surface area contributed by atoms with Crippen LogP contribution >= 0.6 is 9.24 Å². The molecule has 76 valence electrons. The van der Waals surface area contributed by atoms with Gasteiger partial charge in [0.05, 0.1) is 0 Å². The fourth-order valence-electron chi connectivity index (χ4n) is 1.30. The van der Waals surface area contributed by atoms with E-state index in [1.807, 2.05) is 45.0 Å². The molecule has 0 saturated carbocycles. The first kappa shape index (κ1) is 11.4. The lowest BCUT2D eigenvalue weighted by atomic mass is 9.93. The molecule has 0 fully saturated rings. The normalized spacial score (nSPS) is 14.9. The Kier molecular flexibility index (Phi) is 3.44. The highest BCUT2D eigenvalue weighted by atomic mass is 31.0. The van der Waals surface area contributed by atoms with Crippen molar-refractivity contribution in [3.63, 3.8) is 0 Å². The second-order valence-electron chi connectivity index (χ2n) is 3.92. The van der Waals surface area contributed by atoms with Crippen molar-refractivity contribution in [3.05, 3.63) is 35.4 Å². The van der Waals surface area contributed by atoms with Crippen LogP contribution in [0.15, 0.2) is 24.3 Å². The van der Waals surface area contributed by atoms with Gasteiger partial charge >= 0.3 is 0 Å². The molecule has 0 aliphatic rings. The molecule has 2 heteroatoms. The number of benzene rings is 1. The maximum Gasteiger partial charge on any atom is 0.172 e. The summed E-state index contributed by atoms with van der Waals surface area (Å²) in [6.45, 7) is 5.97. The zero-order valence-corrected chi connectivity index (χ0v) is 10.2. The lowest BCUT2D eigenvalue weighted by Gasteiger charge is -2.21. The molecule has 14 heavy (non-hydrogen) atoms. The van der Waals surface area contributed by atoms with E-state index in [1.165, 1.54) is 0 Å². The topological polar surface area (TPSA) is 17.1 Å². The van der Waals surface area contributed by atoms with Crippen LogP contribution in [0.5, 0.6) is 0 Å². The van der Waals surface area contributed by atoms with Crippen molar-refractivity contribution in [2.45, 2.75) is 32.3 Å². The minimum atomic E-state index is -0.327. The Bertz CT molecular complexity index is 342. The van der Waals surface area contributed by atoms with Gasteiger partial charge in [-0.25, -0.2) is 0 Å². The molecule has 1 aromatic rings. The molecule has 0 aliphatic carbocycles. The summed E-state index contributed by atoms with van der Waals surface area (Å²) in [4.78, 5) is 12.1. The highest BCUT2D eigenvalue weighted by Gasteiger charge is 2.27. The van der Waals surface area contributed by atoms with E-state index in [1.54, 1.807) is 0 Å². The summed E-state index contributed by atoms with van der Waals surface area (Å²) in [5.41, 5.74) is 1.89. The molecular formula is C12H17OP. The van der Waals surface area contributed by atoms with E-state index < -0.39 is 0 Å². The summed E-state index contributed by atoms with van der Waals surface area (Å²) in [6.07, 6.45) is 0.838. The van der Waals surface area contributed by atoms with E-state index in [0.29, 0.717) is 0 Å². The van der Waals surface area contributed by atoms with Crippen molar-refractivity contribution in [2.75, 3.05) is 0 Å². The minimum Gasteiger partial charge on any atom is -0.293 e. The Balaban J connectivity index is 3.07. The highest BCUT2D eigenvalue weighted by molar-refractivity contribution is 7.21. The van der Waals surface area contributed by atoms with Gasteiger partial charge in [0, 0.05) is 10.7 Å². The monoisotopic (exact) mass is 208 g/mol. The van der Waals surface area contributed by atoms with Crippen molar-refractivity contribution >= 4 is 15.0 Å². The van der Waals surface area contributed by atoms with Gasteiger partial charge in [-0.15, -0.1) is 9.24 Å². The van der Waals surface area contributed by atoms with Gasteiger partial charge in [-0.1, -0.05) is 31.2 Å². The largest absolute Gasteiger partial charge is 0.293 e. The van der Waals surface area contributed by atoms with Crippen LogP contribution in [0.25, 0.3) is 0 Å². The number of hydrogen-bond donors (Lipinski definition) is 0. The first-order chi connectivity index (χ1) is 6.49. The van der Waals surface area contributed by atoms with Crippen LogP contribution in [0, 0.1) is 6.92 Å². The van der Waals surface area contributed by atoms with Crippen molar-refractivity contribution in [1.29, 1.82) is 0 Å². The lowest BCUT2D eigenvalue weighted by molar-refractivity contribution is 0.0947. The molecule has 2 atom stereocenters. The summed E-state index contributed by atoms with van der Waals surface area (Å²) < 4.78 is 0. The van der Waals surface area contributed by atoms with Crippen LogP contribution in [0.3, 0.4) is 0 Å². The van der Waals surface area contributed by atoms with Crippen molar-refractivity contribution < 1.29 is 4.79 Å². The maximum atomic E-state index is 12.1. The van der Waals surface area contributed by atoms with Crippen LogP contribution < -0.4 is 0 Å². The molecule has 1 aromatic carbocycles. The molecule has 0 bridgehead atoms. The molecule has 0 spiro atoms. The van der Waals surface area contributed by atoms with Crippen molar-refractivity contribution in [2.24, 2.45) is 0 Å².